The minimum absolute atomic E-state index is 0.210. The number of hydrogen-bond acceptors (Lipinski definition) is 6. The van der Waals surface area contributed by atoms with Crippen LogP contribution in [0.15, 0.2) is 78.9 Å². The van der Waals surface area contributed by atoms with Crippen LogP contribution in [0.1, 0.15) is 48.3 Å². The Morgan fingerprint density at radius 1 is 0.974 bits per heavy atom. The zero-order valence-corrected chi connectivity index (χ0v) is 22.4. The van der Waals surface area contributed by atoms with Gasteiger partial charge in [-0.2, -0.15) is 0 Å². The highest BCUT2D eigenvalue weighted by atomic mass is 16.5. The lowest BCUT2D eigenvalue weighted by atomic mass is 10.0. The van der Waals surface area contributed by atoms with Gasteiger partial charge in [0.05, 0.1) is 24.8 Å². The molecule has 1 aliphatic heterocycles. The number of likely N-dealkylation sites (tertiary alicyclic amines) is 1. The number of nitrogens with zero attached hydrogens (tertiary/aromatic N) is 3. The molecule has 39 heavy (non-hydrogen) atoms. The lowest BCUT2D eigenvalue weighted by Gasteiger charge is -2.27. The number of carbonyl (C=O) groups excluding carboxylic acids is 1. The molecule has 1 aromatic heterocycles. The van der Waals surface area contributed by atoms with E-state index in [4.69, 9.17) is 10.5 Å². The SMILES string of the molecule is CCOc1ccc(-c2nc(C(N)=O)c3ccccc3n2)cc1.OCC(c1ccccc1)N1C[C@H]2CCC[C@H]2C1. The van der Waals surface area contributed by atoms with E-state index in [2.05, 4.69) is 39.1 Å². The first-order valence-electron chi connectivity index (χ1n) is 13.8. The molecule has 6 rings (SSSR count). The fourth-order valence-corrected chi connectivity index (χ4v) is 5.89. The zero-order chi connectivity index (χ0) is 27.2. The van der Waals surface area contributed by atoms with Gasteiger partial charge in [-0.1, -0.05) is 55.0 Å². The number of benzene rings is 3. The molecular formula is C32H36N4O3. The third kappa shape index (κ3) is 6.10. The van der Waals surface area contributed by atoms with E-state index in [1.807, 2.05) is 55.5 Å². The number of amides is 1. The summed E-state index contributed by atoms with van der Waals surface area (Å²) in [5.74, 6) is 2.48. The number of ether oxygens (including phenoxy) is 1. The highest BCUT2D eigenvalue weighted by Gasteiger charge is 2.38. The second kappa shape index (κ2) is 12.4. The molecule has 3 aromatic carbocycles. The molecule has 7 nitrogen and oxygen atoms in total. The summed E-state index contributed by atoms with van der Waals surface area (Å²) in [6, 6.07) is 25.4. The van der Waals surface area contributed by atoms with Crippen molar-refractivity contribution < 1.29 is 14.6 Å². The average Bonchev–Trinajstić information content (AvgIpc) is 3.57. The number of primary amides is 1. The summed E-state index contributed by atoms with van der Waals surface area (Å²) >= 11 is 0. The molecule has 0 radical (unpaired) electrons. The van der Waals surface area contributed by atoms with Crippen LogP contribution in [-0.4, -0.2) is 52.2 Å². The second-order valence-corrected chi connectivity index (χ2v) is 10.2. The van der Waals surface area contributed by atoms with Crippen LogP contribution in [0.2, 0.25) is 0 Å². The van der Waals surface area contributed by atoms with Gasteiger partial charge in [-0.05, 0) is 67.5 Å². The Hall–Kier alpha value is -3.81. The summed E-state index contributed by atoms with van der Waals surface area (Å²) in [5, 5.41) is 10.3. The van der Waals surface area contributed by atoms with Crippen molar-refractivity contribution in [2.24, 2.45) is 17.6 Å². The Balaban J connectivity index is 0.000000163. The van der Waals surface area contributed by atoms with E-state index < -0.39 is 5.91 Å². The molecule has 1 saturated heterocycles. The van der Waals surface area contributed by atoms with Gasteiger partial charge in [-0.15, -0.1) is 0 Å². The van der Waals surface area contributed by atoms with Crippen LogP contribution in [0.3, 0.4) is 0 Å². The summed E-state index contributed by atoms with van der Waals surface area (Å²) in [6.45, 7) is 5.15. The van der Waals surface area contributed by atoms with Crippen molar-refractivity contribution in [3.05, 3.63) is 90.1 Å². The number of aliphatic hydroxyl groups is 1. The predicted molar refractivity (Wildman–Crippen MR) is 153 cm³/mol. The molecule has 4 aromatic rings. The van der Waals surface area contributed by atoms with Gasteiger partial charge in [-0.25, -0.2) is 9.97 Å². The monoisotopic (exact) mass is 524 g/mol. The maximum Gasteiger partial charge on any atom is 0.268 e. The largest absolute Gasteiger partial charge is 0.494 e. The third-order valence-corrected chi connectivity index (χ3v) is 7.81. The first kappa shape index (κ1) is 26.8. The number of nitrogens with two attached hydrogens (primary N) is 1. The zero-order valence-electron chi connectivity index (χ0n) is 22.4. The van der Waals surface area contributed by atoms with E-state index >= 15 is 0 Å². The van der Waals surface area contributed by atoms with Crippen LogP contribution < -0.4 is 10.5 Å². The van der Waals surface area contributed by atoms with Crippen molar-refractivity contribution in [1.29, 1.82) is 0 Å². The Morgan fingerprint density at radius 2 is 1.64 bits per heavy atom. The molecule has 1 aliphatic carbocycles. The number of fused-ring (bicyclic) bond motifs is 2. The van der Waals surface area contributed by atoms with Gasteiger partial charge in [0.25, 0.3) is 5.91 Å². The van der Waals surface area contributed by atoms with Gasteiger partial charge < -0.3 is 15.6 Å². The van der Waals surface area contributed by atoms with E-state index in [0.29, 0.717) is 23.3 Å². The van der Waals surface area contributed by atoms with Crippen molar-refractivity contribution in [2.75, 3.05) is 26.3 Å². The Morgan fingerprint density at radius 3 is 2.28 bits per heavy atom. The van der Waals surface area contributed by atoms with E-state index in [0.717, 1.165) is 23.1 Å². The molecule has 202 valence electrons. The summed E-state index contributed by atoms with van der Waals surface area (Å²) in [6.07, 6.45) is 4.21. The summed E-state index contributed by atoms with van der Waals surface area (Å²) < 4.78 is 5.41. The first-order valence-corrected chi connectivity index (χ1v) is 13.8. The van der Waals surface area contributed by atoms with Gasteiger partial charge in [0, 0.05) is 24.0 Å². The predicted octanol–water partition coefficient (Wildman–Crippen LogP) is 5.25. The van der Waals surface area contributed by atoms with Crippen LogP contribution in [0.25, 0.3) is 22.3 Å². The van der Waals surface area contributed by atoms with E-state index in [1.54, 1.807) is 6.07 Å². The summed E-state index contributed by atoms with van der Waals surface area (Å²) in [5.41, 5.74) is 8.42. The smallest absolute Gasteiger partial charge is 0.268 e. The molecule has 2 fully saturated rings. The van der Waals surface area contributed by atoms with Crippen molar-refractivity contribution in [1.82, 2.24) is 14.9 Å². The van der Waals surface area contributed by atoms with Gasteiger partial charge >= 0.3 is 0 Å². The average molecular weight is 525 g/mol. The van der Waals surface area contributed by atoms with Crippen LogP contribution >= 0.6 is 0 Å². The van der Waals surface area contributed by atoms with E-state index in [1.165, 1.54) is 37.9 Å². The van der Waals surface area contributed by atoms with Crippen molar-refractivity contribution in [3.63, 3.8) is 0 Å². The van der Waals surface area contributed by atoms with Crippen LogP contribution in [0.5, 0.6) is 5.75 Å². The van der Waals surface area contributed by atoms with Gasteiger partial charge in [-0.3, -0.25) is 9.69 Å². The molecule has 1 amide bonds. The number of hydrogen-bond donors (Lipinski definition) is 2. The highest BCUT2D eigenvalue weighted by molar-refractivity contribution is 6.04. The van der Waals surface area contributed by atoms with Crippen LogP contribution in [0.4, 0.5) is 0 Å². The molecule has 7 heteroatoms. The third-order valence-electron chi connectivity index (χ3n) is 7.81. The Kier molecular flexibility index (Phi) is 8.49. The van der Waals surface area contributed by atoms with Crippen LogP contribution in [0, 0.1) is 11.8 Å². The van der Waals surface area contributed by atoms with Crippen LogP contribution in [-0.2, 0) is 0 Å². The number of carbonyl (C=O) groups is 1. The number of aliphatic hydroxyl groups excluding tert-OH is 1. The second-order valence-electron chi connectivity index (χ2n) is 10.2. The fourth-order valence-electron chi connectivity index (χ4n) is 5.89. The summed E-state index contributed by atoms with van der Waals surface area (Å²) in [4.78, 5) is 23.0. The minimum atomic E-state index is -0.564. The number of aromatic nitrogens is 2. The van der Waals surface area contributed by atoms with Gasteiger partial charge in [0.2, 0.25) is 0 Å². The van der Waals surface area contributed by atoms with Crippen molar-refractivity contribution >= 4 is 16.8 Å². The fraction of sp³-hybridized carbons (Fsp3) is 0.344. The maximum atomic E-state index is 11.6. The minimum Gasteiger partial charge on any atom is -0.494 e. The molecule has 2 aliphatic rings. The number of para-hydroxylation sites is 1. The molecule has 1 unspecified atom stereocenters. The molecule has 3 N–H and O–H groups in total. The van der Waals surface area contributed by atoms with Gasteiger partial charge in [0.15, 0.2) is 5.82 Å². The Bertz CT molecular complexity index is 1380. The first-order chi connectivity index (χ1) is 19.1. The highest BCUT2D eigenvalue weighted by Crippen LogP contribution is 2.40. The topological polar surface area (TPSA) is 102 Å². The summed E-state index contributed by atoms with van der Waals surface area (Å²) in [7, 11) is 0. The molecular weight excluding hydrogens is 488 g/mol. The standard InChI is InChI=1S/C17H15N3O2.C15H21NO/c1-2-22-12-9-7-11(8-10-12)17-19-14-6-4-3-5-13(14)15(20-17)16(18)21;17-11-15(12-5-2-1-3-6-12)16-9-13-7-4-8-14(13)10-16/h3-10H,2H2,1H3,(H2,18,21);1-3,5-6,13-15,17H,4,7-11H2/t;13-,14+,15?. The maximum absolute atomic E-state index is 11.6. The molecule has 0 bridgehead atoms. The molecule has 2 heterocycles. The van der Waals surface area contributed by atoms with Crippen molar-refractivity contribution in [3.8, 4) is 17.1 Å². The van der Waals surface area contributed by atoms with E-state index in [-0.39, 0.29) is 18.3 Å². The van der Waals surface area contributed by atoms with E-state index in [9.17, 15) is 9.90 Å². The van der Waals surface area contributed by atoms with Gasteiger partial charge in [0.1, 0.15) is 11.4 Å². The molecule has 1 saturated carbocycles. The lowest BCUT2D eigenvalue weighted by molar-refractivity contribution is 0.0997. The normalized spacial score (nSPS) is 19.2. The van der Waals surface area contributed by atoms with Crippen molar-refractivity contribution in [2.45, 2.75) is 32.2 Å². The number of rotatable bonds is 7. The molecule has 3 atom stereocenters. The lowest BCUT2D eigenvalue weighted by Crippen LogP contribution is -2.29. The molecule has 0 spiro atoms. The Labute approximate surface area is 229 Å². The quantitative estimate of drug-likeness (QED) is 0.343.